The summed E-state index contributed by atoms with van der Waals surface area (Å²) in [6.45, 7) is 6.88. The largest absolute Gasteiger partial charge is 0.491 e. The molecule has 1 heterocycles. The number of likely N-dealkylation sites (N-methyl/N-ethyl adjacent to an activating group) is 1. The van der Waals surface area contributed by atoms with Crippen molar-refractivity contribution in [2.45, 2.75) is 25.4 Å². The van der Waals surface area contributed by atoms with Gasteiger partial charge in [0.15, 0.2) is 0 Å². The van der Waals surface area contributed by atoms with Gasteiger partial charge in [0, 0.05) is 25.0 Å². The number of nitrogens with two attached hydrogens (primary N) is 1. The van der Waals surface area contributed by atoms with E-state index in [0.29, 0.717) is 6.54 Å². The molecular weight excluding hydrogens is 212 g/mol. The monoisotopic (exact) mass is 234 g/mol. The first-order chi connectivity index (χ1) is 8.05. The van der Waals surface area contributed by atoms with Crippen LogP contribution < -0.4 is 10.5 Å². The van der Waals surface area contributed by atoms with E-state index in [1.807, 2.05) is 26.0 Å². The van der Waals surface area contributed by atoms with Crippen LogP contribution in [0.15, 0.2) is 24.3 Å². The quantitative estimate of drug-likeness (QED) is 0.860. The molecule has 0 aliphatic carbocycles. The summed E-state index contributed by atoms with van der Waals surface area (Å²) in [5, 5.41) is 0. The highest BCUT2D eigenvalue weighted by Crippen LogP contribution is 2.33. The molecule has 0 aromatic heterocycles. The summed E-state index contributed by atoms with van der Waals surface area (Å²) in [6.07, 6.45) is 0.221. The van der Waals surface area contributed by atoms with Gasteiger partial charge in [-0.3, -0.25) is 0 Å². The third-order valence-corrected chi connectivity index (χ3v) is 3.37. The van der Waals surface area contributed by atoms with Crippen molar-refractivity contribution in [3.63, 3.8) is 0 Å². The molecule has 2 N–H and O–H groups in total. The Morgan fingerprint density at radius 3 is 2.29 bits per heavy atom. The Kier molecular flexibility index (Phi) is 3.40. The second kappa shape index (κ2) is 4.67. The summed E-state index contributed by atoms with van der Waals surface area (Å²) in [4.78, 5) is 2.30. The summed E-state index contributed by atoms with van der Waals surface area (Å²) < 4.78 is 5.65. The SMILES string of the molecule is CC(C)Oc1ccc(C2(CN)CN(C)C2)cc1. The normalized spacial score (nSPS) is 19.1. The molecule has 0 atom stereocenters. The topological polar surface area (TPSA) is 38.5 Å². The lowest BCUT2D eigenvalue weighted by molar-refractivity contribution is 0.1000. The maximum Gasteiger partial charge on any atom is 0.119 e. The van der Waals surface area contributed by atoms with E-state index in [1.54, 1.807) is 0 Å². The Hall–Kier alpha value is -1.06. The standard InChI is InChI=1S/C14H22N2O/c1-11(2)17-13-6-4-12(5-7-13)14(8-15)9-16(3)10-14/h4-7,11H,8-10,15H2,1-3H3. The first kappa shape index (κ1) is 12.4. The second-order valence-electron chi connectivity index (χ2n) is 5.35. The van der Waals surface area contributed by atoms with Gasteiger partial charge in [-0.15, -0.1) is 0 Å². The van der Waals surface area contributed by atoms with Gasteiger partial charge in [0.25, 0.3) is 0 Å². The summed E-state index contributed by atoms with van der Waals surface area (Å²) in [5.74, 6) is 0.934. The Morgan fingerprint density at radius 1 is 1.29 bits per heavy atom. The first-order valence-electron chi connectivity index (χ1n) is 6.21. The molecule has 0 saturated carbocycles. The number of hydrogen-bond donors (Lipinski definition) is 1. The van der Waals surface area contributed by atoms with Crippen molar-refractivity contribution in [2.75, 3.05) is 26.7 Å². The molecule has 3 heteroatoms. The van der Waals surface area contributed by atoms with E-state index in [1.165, 1.54) is 5.56 Å². The van der Waals surface area contributed by atoms with Crippen LogP contribution in [-0.4, -0.2) is 37.7 Å². The minimum atomic E-state index is 0.158. The third kappa shape index (κ3) is 2.45. The molecule has 1 saturated heterocycles. The molecule has 0 amide bonds. The van der Waals surface area contributed by atoms with Gasteiger partial charge in [-0.2, -0.15) is 0 Å². The van der Waals surface area contributed by atoms with Crippen molar-refractivity contribution < 1.29 is 4.74 Å². The minimum Gasteiger partial charge on any atom is -0.491 e. The number of benzene rings is 1. The van der Waals surface area contributed by atoms with Crippen LogP contribution in [0.1, 0.15) is 19.4 Å². The highest BCUT2D eigenvalue weighted by molar-refractivity contribution is 5.35. The predicted octanol–water partition coefficient (Wildman–Crippen LogP) is 1.62. The summed E-state index contributed by atoms with van der Waals surface area (Å²) >= 11 is 0. The van der Waals surface area contributed by atoms with Crippen molar-refractivity contribution in [1.82, 2.24) is 4.90 Å². The van der Waals surface area contributed by atoms with Crippen LogP contribution in [0.3, 0.4) is 0 Å². The molecular formula is C14H22N2O. The number of likely N-dealkylation sites (tertiary alicyclic amines) is 1. The molecule has 1 aliphatic heterocycles. The van der Waals surface area contributed by atoms with Crippen LogP contribution in [0, 0.1) is 0 Å². The van der Waals surface area contributed by atoms with E-state index in [9.17, 15) is 0 Å². The maximum absolute atomic E-state index is 5.92. The van der Waals surface area contributed by atoms with Crippen LogP contribution in [0.25, 0.3) is 0 Å². The smallest absolute Gasteiger partial charge is 0.119 e. The molecule has 1 fully saturated rings. The number of ether oxygens (including phenoxy) is 1. The molecule has 3 nitrogen and oxygen atoms in total. The summed E-state index contributed by atoms with van der Waals surface area (Å²) in [5.41, 5.74) is 7.41. The predicted molar refractivity (Wildman–Crippen MR) is 70.4 cm³/mol. The van der Waals surface area contributed by atoms with E-state index in [0.717, 1.165) is 18.8 Å². The molecule has 0 bridgehead atoms. The molecule has 1 aromatic rings. The van der Waals surface area contributed by atoms with Crippen LogP contribution >= 0.6 is 0 Å². The Bertz CT molecular complexity index is 366. The fourth-order valence-corrected chi connectivity index (χ4v) is 2.58. The van der Waals surface area contributed by atoms with Crippen LogP contribution in [0.2, 0.25) is 0 Å². The lowest BCUT2D eigenvalue weighted by Crippen LogP contribution is -2.61. The third-order valence-electron chi connectivity index (χ3n) is 3.37. The lowest BCUT2D eigenvalue weighted by atomic mass is 9.74. The number of rotatable bonds is 4. The zero-order valence-electron chi connectivity index (χ0n) is 10.9. The van der Waals surface area contributed by atoms with Crippen LogP contribution in [0.5, 0.6) is 5.75 Å². The molecule has 94 valence electrons. The first-order valence-corrected chi connectivity index (χ1v) is 6.21. The summed E-state index contributed by atoms with van der Waals surface area (Å²) in [7, 11) is 2.13. The van der Waals surface area contributed by atoms with Gasteiger partial charge in [-0.05, 0) is 38.6 Å². The van der Waals surface area contributed by atoms with Crippen molar-refractivity contribution in [1.29, 1.82) is 0 Å². The van der Waals surface area contributed by atoms with Crippen molar-refractivity contribution in [3.8, 4) is 5.75 Å². The zero-order chi connectivity index (χ0) is 12.5. The number of hydrogen-bond acceptors (Lipinski definition) is 3. The van der Waals surface area contributed by atoms with Gasteiger partial charge in [-0.1, -0.05) is 12.1 Å². The van der Waals surface area contributed by atoms with Crippen molar-refractivity contribution in [3.05, 3.63) is 29.8 Å². The van der Waals surface area contributed by atoms with Crippen molar-refractivity contribution in [2.24, 2.45) is 5.73 Å². The molecule has 0 spiro atoms. The minimum absolute atomic E-state index is 0.158. The molecule has 2 rings (SSSR count). The van der Waals surface area contributed by atoms with Gasteiger partial charge >= 0.3 is 0 Å². The fourth-order valence-electron chi connectivity index (χ4n) is 2.58. The average Bonchev–Trinajstić information content (AvgIpc) is 2.25. The second-order valence-corrected chi connectivity index (χ2v) is 5.35. The average molecular weight is 234 g/mol. The van der Waals surface area contributed by atoms with Crippen molar-refractivity contribution >= 4 is 0 Å². The lowest BCUT2D eigenvalue weighted by Gasteiger charge is -2.48. The molecule has 1 aromatic carbocycles. The maximum atomic E-state index is 5.92. The van der Waals surface area contributed by atoms with E-state index < -0.39 is 0 Å². The fraction of sp³-hybridized carbons (Fsp3) is 0.571. The van der Waals surface area contributed by atoms with Gasteiger partial charge < -0.3 is 15.4 Å². The van der Waals surface area contributed by atoms with E-state index in [2.05, 4.69) is 24.1 Å². The highest BCUT2D eigenvalue weighted by atomic mass is 16.5. The highest BCUT2D eigenvalue weighted by Gasteiger charge is 2.41. The number of nitrogens with zero attached hydrogens (tertiary/aromatic N) is 1. The molecule has 17 heavy (non-hydrogen) atoms. The van der Waals surface area contributed by atoms with E-state index in [4.69, 9.17) is 10.5 Å². The summed E-state index contributed by atoms with van der Waals surface area (Å²) in [6, 6.07) is 8.39. The Labute approximate surface area is 104 Å². The Morgan fingerprint density at radius 2 is 1.88 bits per heavy atom. The van der Waals surface area contributed by atoms with E-state index >= 15 is 0 Å². The van der Waals surface area contributed by atoms with Crippen LogP contribution in [-0.2, 0) is 5.41 Å². The molecule has 1 aliphatic rings. The zero-order valence-corrected chi connectivity index (χ0v) is 10.9. The van der Waals surface area contributed by atoms with Gasteiger partial charge in [-0.25, -0.2) is 0 Å². The van der Waals surface area contributed by atoms with Crippen LogP contribution in [0.4, 0.5) is 0 Å². The molecule has 0 radical (unpaired) electrons. The van der Waals surface area contributed by atoms with E-state index in [-0.39, 0.29) is 11.5 Å². The van der Waals surface area contributed by atoms with Gasteiger partial charge in [0.2, 0.25) is 0 Å². The molecule has 0 unspecified atom stereocenters. The van der Waals surface area contributed by atoms with Gasteiger partial charge in [0.1, 0.15) is 5.75 Å². The Balaban J connectivity index is 2.12. The van der Waals surface area contributed by atoms with Gasteiger partial charge in [0.05, 0.1) is 6.10 Å².